The number of rotatable bonds is 3. The van der Waals surface area contributed by atoms with Crippen molar-refractivity contribution in [2.45, 2.75) is 40.2 Å². The van der Waals surface area contributed by atoms with Crippen molar-refractivity contribution in [2.75, 3.05) is 26.8 Å². The zero-order valence-corrected chi connectivity index (χ0v) is 9.84. The molecule has 0 amide bonds. The molecule has 0 bridgehead atoms. The van der Waals surface area contributed by atoms with E-state index in [9.17, 15) is 0 Å². The quantitative estimate of drug-likeness (QED) is 0.672. The van der Waals surface area contributed by atoms with Crippen LogP contribution < -0.4 is 0 Å². The van der Waals surface area contributed by atoms with Crippen LogP contribution in [0.5, 0.6) is 0 Å². The van der Waals surface area contributed by atoms with Crippen LogP contribution in [0.2, 0.25) is 0 Å². The van der Waals surface area contributed by atoms with Gasteiger partial charge in [-0.1, -0.05) is 20.8 Å². The average molecular weight is 187 g/mol. The summed E-state index contributed by atoms with van der Waals surface area (Å²) in [5.74, 6) is 0.812. The lowest BCUT2D eigenvalue weighted by Gasteiger charge is -2.22. The van der Waals surface area contributed by atoms with E-state index in [4.69, 9.17) is 4.74 Å². The lowest BCUT2D eigenvalue weighted by Crippen LogP contribution is -2.32. The van der Waals surface area contributed by atoms with Gasteiger partial charge in [-0.15, -0.1) is 0 Å². The van der Waals surface area contributed by atoms with Crippen molar-refractivity contribution in [3.63, 3.8) is 0 Å². The molecule has 1 rings (SSSR count). The summed E-state index contributed by atoms with van der Waals surface area (Å²) in [6, 6.07) is 0.662. The maximum absolute atomic E-state index is 5.42. The van der Waals surface area contributed by atoms with E-state index in [1.165, 1.54) is 13.0 Å². The Balaban J connectivity index is 0.000000671. The molecule has 1 saturated heterocycles. The van der Waals surface area contributed by atoms with Gasteiger partial charge in [-0.3, -0.25) is 0 Å². The number of hydrogen-bond acceptors (Lipinski definition) is 2. The fourth-order valence-corrected chi connectivity index (χ4v) is 1.73. The average Bonchev–Trinajstić information content (AvgIpc) is 2.47. The van der Waals surface area contributed by atoms with Gasteiger partial charge in [0.2, 0.25) is 0 Å². The molecule has 2 heteroatoms. The van der Waals surface area contributed by atoms with Gasteiger partial charge in [0, 0.05) is 12.6 Å². The molecule has 0 radical (unpaired) electrons. The lowest BCUT2D eigenvalue weighted by atomic mass is 10.0. The molecular formula is C11H25NO. The smallest absolute Gasteiger partial charge is 0.0624 e. The Kier molecular flexibility index (Phi) is 7.29. The van der Waals surface area contributed by atoms with E-state index in [1.807, 2.05) is 13.8 Å². The summed E-state index contributed by atoms with van der Waals surface area (Å²) in [6.45, 7) is 11.4. The second-order valence-electron chi connectivity index (χ2n) is 3.47. The molecule has 13 heavy (non-hydrogen) atoms. The third-order valence-corrected chi connectivity index (χ3v) is 2.65. The Labute approximate surface area is 83.3 Å². The second kappa shape index (κ2) is 7.34. The van der Waals surface area contributed by atoms with Crippen LogP contribution in [0.15, 0.2) is 0 Å². The van der Waals surface area contributed by atoms with Crippen LogP contribution in [-0.4, -0.2) is 37.7 Å². The van der Waals surface area contributed by atoms with E-state index in [1.54, 1.807) is 0 Å². The molecule has 2 atom stereocenters. The largest absolute Gasteiger partial charge is 0.380 e. The monoisotopic (exact) mass is 187 g/mol. The van der Waals surface area contributed by atoms with Crippen molar-refractivity contribution in [1.29, 1.82) is 0 Å². The van der Waals surface area contributed by atoms with Crippen LogP contribution in [0.25, 0.3) is 0 Å². The fraction of sp³-hybridized carbons (Fsp3) is 1.00. The number of hydrogen-bond donors (Lipinski definition) is 0. The van der Waals surface area contributed by atoms with Gasteiger partial charge >= 0.3 is 0 Å². The highest BCUT2D eigenvalue weighted by molar-refractivity contribution is 4.81. The van der Waals surface area contributed by atoms with Crippen molar-refractivity contribution in [1.82, 2.24) is 4.90 Å². The maximum atomic E-state index is 5.42. The summed E-state index contributed by atoms with van der Waals surface area (Å²) < 4.78 is 5.42. The van der Waals surface area contributed by atoms with Gasteiger partial charge in [-0.2, -0.15) is 0 Å². The van der Waals surface area contributed by atoms with Crippen molar-refractivity contribution in [2.24, 2.45) is 5.92 Å². The van der Waals surface area contributed by atoms with Gasteiger partial charge in [-0.05, 0) is 32.9 Å². The van der Waals surface area contributed by atoms with Crippen LogP contribution in [0.4, 0.5) is 0 Å². The Morgan fingerprint density at radius 3 is 2.38 bits per heavy atom. The number of likely N-dealkylation sites (tertiary alicyclic amines) is 1. The molecule has 0 saturated carbocycles. The maximum Gasteiger partial charge on any atom is 0.0624 e. The van der Waals surface area contributed by atoms with Gasteiger partial charge in [0.25, 0.3) is 0 Å². The highest BCUT2D eigenvalue weighted by Crippen LogP contribution is 2.21. The highest BCUT2D eigenvalue weighted by Gasteiger charge is 2.27. The Morgan fingerprint density at radius 1 is 1.38 bits per heavy atom. The molecule has 1 fully saturated rings. The summed E-state index contributed by atoms with van der Waals surface area (Å²) in [6.07, 6.45) is 1.33. The summed E-state index contributed by atoms with van der Waals surface area (Å²) in [5, 5.41) is 0. The molecule has 1 aliphatic rings. The zero-order chi connectivity index (χ0) is 10.3. The highest BCUT2D eigenvalue weighted by atomic mass is 16.5. The van der Waals surface area contributed by atoms with Gasteiger partial charge in [-0.25, -0.2) is 0 Å². The Hall–Kier alpha value is -0.0800. The zero-order valence-electron chi connectivity index (χ0n) is 9.84. The third kappa shape index (κ3) is 4.10. The van der Waals surface area contributed by atoms with E-state index in [0.717, 1.165) is 19.1 Å². The molecule has 80 valence electrons. The van der Waals surface area contributed by atoms with Crippen molar-refractivity contribution >= 4 is 0 Å². The van der Waals surface area contributed by atoms with Crippen LogP contribution in [-0.2, 0) is 4.74 Å². The van der Waals surface area contributed by atoms with E-state index in [0.29, 0.717) is 6.04 Å². The first kappa shape index (κ1) is 12.9. The van der Waals surface area contributed by atoms with Crippen molar-refractivity contribution in [3.8, 4) is 0 Å². The van der Waals surface area contributed by atoms with Crippen LogP contribution in [0, 0.1) is 5.92 Å². The minimum atomic E-state index is 0.662. The van der Waals surface area contributed by atoms with E-state index < -0.39 is 0 Å². The lowest BCUT2D eigenvalue weighted by molar-refractivity contribution is 0.0825. The summed E-state index contributed by atoms with van der Waals surface area (Å²) >= 11 is 0. The first-order chi connectivity index (χ1) is 6.25. The molecule has 0 aromatic carbocycles. The normalized spacial score (nSPS) is 28.4. The molecular weight excluding hydrogens is 162 g/mol. The van der Waals surface area contributed by atoms with Crippen molar-refractivity contribution in [3.05, 3.63) is 0 Å². The van der Waals surface area contributed by atoms with Crippen LogP contribution in [0.1, 0.15) is 34.1 Å². The van der Waals surface area contributed by atoms with E-state index in [2.05, 4.69) is 25.8 Å². The second-order valence-corrected chi connectivity index (χ2v) is 3.47. The molecule has 0 aromatic heterocycles. The number of likely N-dealkylation sites (N-methyl/N-ethyl adjacent to an activating group) is 1. The standard InChI is InChI=1S/C9H19NO.C2H6/c1-4-11-7-9-8(2)5-6-10(9)3;1-2/h8-9H,4-7H2,1-3H3;1-2H3. The van der Waals surface area contributed by atoms with E-state index >= 15 is 0 Å². The van der Waals surface area contributed by atoms with Gasteiger partial charge in [0.05, 0.1) is 6.61 Å². The SMILES string of the molecule is CC.CCOCC1C(C)CCN1C. The summed E-state index contributed by atoms with van der Waals surface area (Å²) in [4.78, 5) is 2.40. The molecule has 0 N–H and O–H groups in total. The predicted octanol–water partition coefficient (Wildman–Crippen LogP) is 2.39. The molecule has 0 spiro atoms. The number of nitrogens with zero attached hydrogens (tertiary/aromatic N) is 1. The topological polar surface area (TPSA) is 12.5 Å². The minimum absolute atomic E-state index is 0.662. The minimum Gasteiger partial charge on any atom is -0.380 e. The first-order valence-corrected chi connectivity index (χ1v) is 5.53. The first-order valence-electron chi connectivity index (χ1n) is 5.53. The van der Waals surface area contributed by atoms with E-state index in [-0.39, 0.29) is 0 Å². The summed E-state index contributed by atoms with van der Waals surface area (Å²) in [5.41, 5.74) is 0. The third-order valence-electron chi connectivity index (χ3n) is 2.65. The Bertz CT molecular complexity index is 107. The van der Waals surface area contributed by atoms with Gasteiger partial charge in [0.15, 0.2) is 0 Å². The molecule has 2 nitrogen and oxygen atoms in total. The van der Waals surface area contributed by atoms with Crippen LogP contribution in [0.3, 0.4) is 0 Å². The summed E-state index contributed by atoms with van der Waals surface area (Å²) in [7, 11) is 2.19. The molecule has 0 aliphatic carbocycles. The number of ether oxygens (including phenoxy) is 1. The predicted molar refractivity (Wildman–Crippen MR) is 58.0 cm³/mol. The molecule has 1 heterocycles. The van der Waals surface area contributed by atoms with Gasteiger partial charge in [0.1, 0.15) is 0 Å². The Morgan fingerprint density at radius 2 is 2.00 bits per heavy atom. The van der Waals surface area contributed by atoms with Crippen molar-refractivity contribution < 1.29 is 4.74 Å². The fourth-order valence-electron chi connectivity index (χ4n) is 1.73. The molecule has 1 aliphatic heterocycles. The molecule has 0 aromatic rings. The molecule has 2 unspecified atom stereocenters. The van der Waals surface area contributed by atoms with Gasteiger partial charge < -0.3 is 9.64 Å². The van der Waals surface area contributed by atoms with Crippen LogP contribution >= 0.6 is 0 Å².